The summed E-state index contributed by atoms with van der Waals surface area (Å²) in [5.74, 6) is 0.137. The number of ether oxygens (including phenoxy) is 1. The van der Waals surface area contributed by atoms with Gasteiger partial charge in [0.15, 0.2) is 0 Å². The summed E-state index contributed by atoms with van der Waals surface area (Å²) in [5, 5.41) is 22.8. The molecule has 1 atom stereocenters. The normalized spacial score (nSPS) is 11.4. The molecule has 178 valence electrons. The molecule has 0 saturated carbocycles. The van der Waals surface area contributed by atoms with Gasteiger partial charge in [0.05, 0.1) is 0 Å². The van der Waals surface area contributed by atoms with Gasteiger partial charge in [-0.2, -0.15) is 5.21 Å². The molecular formula is C24H22ClN7O3. The lowest BCUT2D eigenvalue weighted by atomic mass is 10.0. The van der Waals surface area contributed by atoms with Crippen LogP contribution < -0.4 is 16.0 Å². The molecule has 0 radical (unpaired) electrons. The van der Waals surface area contributed by atoms with E-state index in [1.165, 1.54) is 0 Å². The lowest BCUT2D eigenvalue weighted by Crippen LogP contribution is -2.31. The van der Waals surface area contributed by atoms with Crippen molar-refractivity contribution in [1.29, 1.82) is 0 Å². The van der Waals surface area contributed by atoms with Crippen molar-refractivity contribution in [2.75, 3.05) is 17.7 Å². The molecule has 10 nitrogen and oxygen atoms in total. The maximum Gasteiger partial charge on any atom is 0.411 e. The topological polar surface area (TPSA) is 134 Å². The quantitative estimate of drug-likeness (QED) is 0.290. The number of likely N-dealkylation sites (N-methyl/N-ethyl adjacent to an activating group) is 1. The third kappa shape index (κ3) is 6.33. The van der Waals surface area contributed by atoms with Crippen LogP contribution in [-0.4, -0.2) is 39.7 Å². The molecule has 0 bridgehead atoms. The van der Waals surface area contributed by atoms with Crippen LogP contribution in [0.4, 0.5) is 16.2 Å². The lowest BCUT2D eigenvalue weighted by Gasteiger charge is -2.20. The van der Waals surface area contributed by atoms with E-state index in [2.05, 4.69) is 36.6 Å². The molecule has 4 N–H and O–H groups in total. The van der Waals surface area contributed by atoms with Crippen molar-refractivity contribution in [2.24, 2.45) is 0 Å². The van der Waals surface area contributed by atoms with Gasteiger partial charge in [0.25, 0.3) is 0 Å². The smallest absolute Gasteiger partial charge is 0.411 e. The molecule has 0 spiro atoms. The Hall–Kier alpha value is -4.44. The van der Waals surface area contributed by atoms with Gasteiger partial charge in [-0.15, -0.1) is 10.2 Å². The molecule has 0 saturated heterocycles. The van der Waals surface area contributed by atoms with Crippen molar-refractivity contribution >= 4 is 35.0 Å². The number of carbonyl (C=O) groups excluding carboxylic acids is 2. The molecule has 0 unspecified atom stereocenters. The van der Waals surface area contributed by atoms with Crippen molar-refractivity contribution in [1.82, 2.24) is 25.9 Å². The third-order valence-corrected chi connectivity index (χ3v) is 5.22. The average molecular weight is 492 g/mol. The number of benzene rings is 3. The van der Waals surface area contributed by atoms with E-state index in [-0.39, 0.29) is 12.5 Å². The summed E-state index contributed by atoms with van der Waals surface area (Å²) in [5.41, 5.74) is 3.17. The Kier molecular flexibility index (Phi) is 7.53. The first kappa shape index (κ1) is 23.7. The minimum absolute atomic E-state index is 0.133. The number of anilines is 2. The van der Waals surface area contributed by atoms with Crippen molar-refractivity contribution in [3.05, 3.63) is 88.9 Å². The molecule has 0 aliphatic rings. The number of amides is 2. The first-order chi connectivity index (χ1) is 17.0. The molecule has 11 heteroatoms. The number of carbonyl (C=O) groups is 2. The van der Waals surface area contributed by atoms with Crippen LogP contribution in [0, 0.1) is 0 Å². The van der Waals surface area contributed by atoms with Crippen LogP contribution >= 0.6 is 11.6 Å². The molecule has 35 heavy (non-hydrogen) atoms. The molecule has 0 fully saturated rings. The Morgan fingerprint density at radius 3 is 2.57 bits per heavy atom. The first-order valence-electron chi connectivity index (χ1n) is 10.6. The summed E-state index contributed by atoms with van der Waals surface area (Å²) in [7, 11) is 1.55. The van der Waals surface area contributed by atoms with E-state index in [1.54, 1.807) is 43.4 Å². The van der Waals surface area contributed by atoms with Gasteiger partial charge in [-0.05, 0) is 40.6 Å². The van der Waals surface area contributed by atoms with Gasteiger partial charge in [0.1, 0.15) is 12.6 Å². The molecule has 1 heterocycles. The summed E-state index contributed by atoms with van der Waals surface area (Å²) in [4.78, 5) is 25.0. The van der Waals surface area contributed by atoms with Gasteiger partial charge in [-0.25, -0.2) is 4.79 Å². The number of rotatable bonds is 8. The highest BCUT2D eigenvalue weighted by Crippen LogP contribution is 2.28. The van der Waals surface area contributed by atoms with Gasteiger partial charge >= 0.3 is 6.09 Å². The number of tetrazole rings is 1. The maximum absolute atomic E-state index is 12.7. The van der Waals surface area contributed by atoms with E-state index in [4.69, 9.17) is 16.3 Å². The summed E-state index contributed by atoms with van der Waals surface area (Å²) in [6, 6.07) is 20.7. The monoisotopic (exact) mass is 491 g/mol. The molecule has 3 aromatic carbocycles. The highest BCUT2D eigenvalue weighted by atomic mass is 35.5. The molecule has 1 aromatic heterocycles. The Morgan fingerprint density at radius 2 is 1.83 bits per heavy atom. The lowest BCUT2D eigenvalue weighted by molar-refractivity contribution is -0.121. The summed E-state index contributed by atoms with van der Waals surface area (Å²) in [6.45, 7) is 0.133. The Morgan fingerprint density at radius 1 is 1.03 bits per heavy atom. The van der Waals surface area contributed by atoms with E-state index < -0.39 is 12.1 Å². The van der Waals surface area contributed by atoms with E-state index in [1.807, 2.05) is 36.4 Å². The fourth-order valence-corrected chi connectivity index (χ4v) is 3.61. The number of nitrogens with zero attached hydrogens (tertiary/aromatic N) is 3. The molecule has 0 aliphatic heterocycles. The number of H-pyrrole nitrogens is 1. The van der Waals surface area contributed by atoms with Crippen molar-refractivity contribution in [3.8, 4) is 11.4 Å². The first-order valence-corrected chi connectivity index (χ1v) is 11.0. The molecular weight excluding hydrogens is 470 g/mol. The zero-order valence-electron chi connectivity index (χ0n) is 18.7. The molecule has 0 aliphatic carbocycles. The minimum Gasteiger partial charge on any atom is -0.444 e. The summed E-state index contributed by atoms with van der Waals surface area (Å²) < 4.78 is 5.27. The Balaban J connectivity index is 1.51. The van der Waals surface area contributed by atoms with Gasteiger partial charge < -0.3 is 15.4 Å². The highest BCUT2D eigenvalue weighted by molar-refractivity contribution is 6.31. The Labute approximate surface area is 206 Å². The van der Waals surface area contributed by atoms with Gasteiger partial charge in [0, 0.05) is 29.0 Å². The fraction of sp³-hybridized carbons (Fsp3) is 0.125. The van der Waals surface area contributed by atoms with Crippen molar-refractivity contribution < 1.29 is 14.3 Å². The van der Waals surface area contributed by atoms with Crippen LogP contribution in [0.15, 0.2) is 72.8 Å². The third-order valence-electron chi connectivity index (χ3n) is 5.00. The number of hydrogen-bond donors (Lipinski definition) is 4. The number of hydrogen-bond acceptors (Lipinski definition) is 7. The van der Waals surface area contributed by atoms with Gasteiger partial charge in [-0.1, -0.05) is 60.1 Å². The average Bonchev–Trinajstić information content (AvgIpc) is 3.41. The Bertz CT molecular complexity index is 1300. The van der Waals surface area contributed by atoms with Crippen LogP contribution in [-0.2, 0) is 16.1 Å². The van der Waals surface area contributed by atoms with E-state index >= 15 is 0 Å². The minimum atomic E-state index is -0.761. The van der Waals surface area contributed by atoms with Gasteiger partial charge in [0.2, 0.25) is 11.7 Å². The van der Waals surface area contributed by atoms with Crippen molar-refractivity contribution in [2.45, 2.75) is 12.6 Å². The molecule has 4 aromatic rings. The maximum atomic E-state index is 12.7. The largest absolute Gasteiger partial charge is 0.444 e. The van der Waals surface area contributed by atoms with Crippen molar-refractivity contribution in [3.63, 3.8) is 0 Å². The van der Waals surface area contributed by atoms with E-state index in [0.29, 0.717) is 33.3 Å². The second-order valence-corrected chi connectivity index (χ2v) is 7.90. The molecule has 2 amide bonds. The van der Waals surface area contributed by atoms with Crippen LogP contribution in [0.3, 0.4) is 0 Å². The predicted molar refractivity (Wildman–Crippen MR) is 132 cm³/mol. The number of aromatic nitrogens is 4. The number of halogens is 1. The predicted octanol–water partition coefficient (Wildman–Crippen LogP) is 4.17. The highest BCUT2D eigenvalue weighted by Gasteiger charge is 2.21. The van der Waals surface area contributed by atoms with Crippen LogP contribution in [0.5, 0.6) is 0 Å². The zero-order valence-corrected chi connectivity index (χ0v) is 19.4. The fourth-order valence-electron chi connectivity index (χ4n) is 3.37. The number of aromatic amines is 1. The van der Waals surface area contributed by atoms with Crippen LogP contribution in [0.25, 0.3) is 11.4 Å². The SMILES string of the molecule is CNC(=O)[C@H](Nc1cc(Cl)cc(NC(=O)OCc2ccccc2)c1)c1cccc(-c2nn[nH]n2)c1. The second-order valence-electron chi connectivity index (χ2n) is 7.47. The standard InChI is InChI=1S/C24H22ClN7O3/c1-26-23(33)21(16-8-5-9-17(10-16)22-29-31-32-30-22)27-19-11-18(25)12-20(13-19)28-24(34)35-14-15-6-3-2-4-7-15/h2-13,21,27H,14H2,1H3,(H,26,33)(H,28,34)(H,29,30,31,32)/t21-/m1/s1. The van der Waals surface area contributed by atoms with Crippen LogP contribution in [0.2, 0.25) is 5.02 Å². The summed E-state index contributed by atoms with van der Waals surface area (Å²) in [6.07, 6.45) is -0.627. The van der Waals surface area contributed by atoms with Crippen LogP contribution in [0.1, 0.15) is 17.2 Å². The molecule has 4 rings (SSSR count). The second kappa shape index (κ2) is 11.1. The number of nitrogens with one attached hydrogen (secondary N) is 4. The van der Waals surface area contributed by atoms with E-state index in [9.17, 15) is 9.59 Å². The van der Waals surface area contributed by atoms with Gasteiger partial charge in [-0.3, -0.25) is 10.1 Å². The summed E-state index contributed by atoms with van der Waals surface area (Å²) >= 11 is 6.28. The zero-order chi connectivity index (χ0) is 24.6. The van der Waals surface area contributed by atoms with E-state index in [0.717, 1.165) is 5.56 Å².